The number of ether oxygens (including phenoxy) is 6. The Morgan fingerprint density at radius 3 is 2.09 bits per heavy atom. The van der Waals surface area contributed by atoms with Crippen LogP contribution in [0.1, 0.15) is 45.1 Å². The molecule has 11 nitrogen and oxygen atoms in total. The molecule has 3 rings (SSSR count). The normalized spacial score (nSPS) is 12.0. The van der Waals surface area contributed by atoms with Crippen molar-refractivity contribution in [2.75, 3.05) is 48.4 Å². The van der Waals surface area contributed by atoms with Gasteiger partial charge in [0.1, 0.15) is 10.7 Å². The summed E-state index contributed by atoms with van der Waals surface area (Å²) >= 11 is 2.78. The lowest BCUT2D eigenvalue weighted by atomic mass is 10.0. The van der Waals surface area contributed by atoms with Crippen LogP contribution in [-0.4, -0.2) is 70.3 Å². The first-order chi connectivity index (χ1) is 20.8. The number of hydrogen-bond donors (Lipinski definition) is 0. The second-order valence-electron chi connectivity index (χ2n) is 9.30. The number of carbonyl (C=O) groups is 1. The number of rotatable bonds is 17. The maximum atomic E-state index is 12.8. The van der Waals surface area contributed by atoms with Gasteiger partial charge in [0.15, 0.2) is 27.3 Å². The summed E-state index contributed by atoms with van der Waals surface area (Å²) in [4.78, 5) is 18.2. The minimum absolute atomic E-state index is 0.277. The van der Waals surface area contributed by atoms with Crippen LogP contribution in [0.15, 0.2) is 33.8 Å². The fraction of sp³-hybridized carbons (Fsp3) is 0.467. The number of hydrogen-bond acceptors (Lipinski definition) is 13. The van der Waals surface area contributed by atoms with Crippen LogP contribution in [0.4, 0.5) is 0 Å². The number of methoxy groups -OCH3 is 6. The van der Waals surface area contributed by atoms with Gasteiger partial charge in [-0.15, -0.1) is 10.2 Å². The zero-order valence-corrected chi connectivity index (χ0v) is 27.5. The molecule has 0 fully saturated rings. The number of thioether (sulfide) groups is 1. The lowest BCUT2D eigenvalue weighted by Crippen LogP contribution is -2.15. The zero-order valence-electron chi connectivity index (χ0n) is 25.8. The highest BCUT2D eigenvalue weighted by molar-refractivity contribution is 8.01. The Labute approximate surface area is 260 Å². The number of aromatic nitrogens is 2. The summed E-state index contributed by atoms with van der Waals surface area (Å²) in [5.74, 6) is 2.46. The monoisotopic (exact) mass is 633 g/mol. The standard InChI is InChI=1S/C30H39N3O8S2/c1-9-10-11-12-18(2)29(34)41-33-21(20-13-14-22(35-3)27(40-8)25(20)38-6)17-42-30-32-31-28(43-30)19-15-23(36-4)26(39-7)24(16-19)37-5/h13-16,18H,9-12,17H2,1-8H3/b33-21+. The first kappa shape index (κ1) is 33.8. The van der Waals surface area contributed by atoms with E-state index >= 15 is 0 Å². The quantitative estimate of drug-likeness (QED) is 0.0532. The van der Waals surface area contributed by atoms with Crippen molar-refractivity contribution in [2.24, 2.45) is 11.1 Å². The molecule has 1 unspecified atom stereocenters. The molecule has 0 bridgehead atoms. The first-order valence-corrected chi connectivity index (χ1v) is 15.5. The van der Waals surface area contributed by atoms with E-state index < -0.39 is 5.97 Å². The lowest BCUT2D eigenvalue weighted by molar-refractivity contribution is -0.148. The van der Waals surface area contributed by atoms with Gasteiger partial charge in [-0.05, 0) is 30.7 Å². The molecule has 0 saturated heterocycles. The Balaban J connectivity index is 1.91. The van der Waals surface area contributed by atoms with E-state index in [9.17, 15) is 4.79 Å². The van der Waals surface area contributed by atoms with Gasteiger partial charge in [0.25, 0.3) is 0 Å². The van der Waals surface area contributed by atoms with Gasteiger partial charge < -0.3 is 33.3 Å². The molecule has 1 atom stereocenters. The molecule has 13 heteroatoms. The van der Waals surface area contributed by atoms with E-state index in [0.717, 1.165) is 31.2 Å². The Morgan fingerprint density at radius 2 is 1.51 bits per heavy atom. The molecular formula is C30H39N3O8S2. The highest BCUT2D eigenvalue weighted by atomic mass is 32.2. The topological polar surface area (TPSA) is 120 Å². The summed E-state index contributed by atoms with van der Waals surface area (Å²) in [7, 11) is 9.28. The maximum Gasteiger partial charge on any atom is 0.337 e. The smallest absolute Gasteiger partial charge is 0.337 e. The number of carbonyl (C=O) groups excluding carboxylic acids is 1. The third kappa shape index (κ3) is 8.44. The third-order valence-electron chi connectivity index (χ3n) is 6.55. The Morgan fingerprint density at radius 1 is 0.860 bits per heavy atom. The van der Waals surface area contributed by atoms with Crippen molar-refractivity contribution in [3.8, 4) is 45.1 Å². The third-order valence-corrected chi connectivity index (χ3v) is 8.67. The molecule has 0 spiro atoms. The number of nitrogens with zero attached hydrogens (tertiary/aromatic N) is 3. The molecule has 0 aliphatic heterocycles. The molecule has 234 valence electrons. The van der Waals surface area contributed by atoms with Crippen molar-refractivity contribution >= 4 is 34.8 Å². The lowest BCUT2D eigenvalue weighted by Gasteiger charge is -2.16. The minimum atomic E-state index is -0.390. The predicted octanol–water partition coefficient (Wildman–Crippen LogP) is 6.51. The van der Waals surface area contributed by atoms with Crippen LogP contribution in [-0.2, 0) is 9.63 Å². The van der Waals surface area contributed by atoms with E-state index in [1.807, 2.05) is 19.1 Å². The van der Waals surface area contributed by atoms with Gasteiger partial charge in [0.05, 0.1) is 48.6 Å². The van der Waals surface area contributed by atoms with Crippen molar-refractivity contribution < 1.29 is 38.1 Å². The highest BCUT2D eigenvalue weighted by Gasteiger charge is 2.23. The van der Waals surface area contributed by atoms with Crippen molar-refractivity contribution in [2.45, 2.75) is 43.9 Å². The summed E-state index contributed by atoms with van der Waals surface area (Å²) in [6.45, 7) is 3.98. The van der Waals surface area contributed by atoms with E-state index in [-0.39, 0.29) is 5.92 Å². The largest absolute Gasteiger partial charge is 0.493 e. The summed E-state index contributed by atoms with van der Waals surface area (Å²) in [5.41, 5.74) is 1.81. The van der Waals surface area contributed by atoms with E-state index in [1.54, 1.807) is 40.6 Å². The molecule has 3 aromatic rings. The summed E-state index contributed by atoms with van der Waals surface area (Å²) in [5, 5.41) is 13.7. The van der Waals surface area contributed by atoms with Crippen LogP contribution < -0.4 is 28.4 Å². The SMILES string of the molecule is CCCCCC(C)C(=O)O/N=C(\CSc1nnc(-c2cc(OC)c(OC)c(OC)c2)s1)c1ccc(OC)c(OC)c1OC. The van der Waals surface area contributed by atoms with Crippen molar-refractivity contribution in [3.63, 3.8) is 0 Å². The van der Waals surface area contributed by atoms with E-state index in [4.69, 9.17) is 33.3 Å². The van der Waals surface area contributed by atoms with Crippen molar-refractivity contribution in [3.05, 3.63) is 29.8 Å². The highest BCUT2D eigenvalue weighted by Crippen LogP contribution is 2.43. The molecule has 43 heavy (non-hydrogen) atoms. The summed E-state index contributed by atoms with van der Waals surface area (Å²) in [6, 6.07) is 7.18. The van der Waals surface area contributed by atoms with Crippen LogP contribution in [0.2, 0.25) is 0 Å². The van der Waals surface area contributed by atoms with Gasteiger partial charge in [0, 0.05) is 16.9 Å². The molecule has 0 amide bonds. The van der Waals surface area contributed by atoms with Crippen LogP contribution in [0.3, 0.4) is 0 Å². The molecule has 2 aromatic carbocycles. The zero-order chi connectivity index (χ0) is 31.4. The summed E-state index contributed by atoms with van der Waals surface area (Å²) in [6.07, 6.45) is 3.83. The second-order valence-corrected chi connectivity index (χ2v) is 11.5. The fourth-order valence-electron chi connectivity index (χ4n) is 4.21. The van der Waals surface area contributed by atoms with Crippen LogP contribution in [0, 0.1) is 5.92 Å². The molecular weight excluding hydrogens is 594 g/mol. The van der Waals surface area contributed by atoms with E-state index in [1.165, 1.54) is 37.3 Å². The maximum absolute atomic E-state index is 12.8. The Kier molecular flexibility index (Phi) is 13.2. The number of benzene rings is 2. The molecule has 0 N–H and O–H groups in total. The number of unbranched alkanes of at least 4 members (excludes halogenated alkanes) is 2. The minimum Gasteiger partial charge on any atom is -0.493 e. The van der Waals surface area contributed by atoms with Gasteiger partial charge in [-0.3, -0.25) is 0 Å². The van der Waals surface area contributed by atoms with E-state index in [0.29, 0.717) is 60.9 Å². The molecule has 1 aromatic heterocycles. The van der Waals surface area contributed by atoms with Gasteiger partial charge in [-0.1, -0.05) is 61.4 Å². The number of oxime groups is 1. The Bertz CT molecular complexity index is 1370. The van der Waals surface area contributed by atoms with Crippen molar-refractivity contribution in [1.29, 1.82) is 0 Å². The second kappa shape index (κ2) is 16.8. The van der Waals surface area contributed by atoms with Gasteiger partial charge in [-0.25, -0.2) is 4.79 Å². The predicted molar refractivity (Wildman–Crippen MR) is 168 cm³/mol. The molecule has 0 radical (unpaired) electrons. The van der Waals surface area contributed by atoms with Crippen LogP contribution >= 0.6 is 23.1 Å². The van der Waals surface area contributed by atoms with Crippen molar-refractivity contribution in [1.82, 2.24) is 10.2 Å². The van der Waals surface area contributed by atoms with E-state index in [2.05, 4.69) is 22.3 Å². The van der Waals surface area contributed by atoms with Crippen LogP contribution in [0.25, 0.3) is 10.6 Å². The van der Waals surface area contributed by atoms with Crippen LogP contribution in [0.5, 0.6) is 34.5 Å². The molecule has 0 saturated carbocycles. The molecule has 0 aliphatic rings. The summed E-state index contributed by atoms with van der Waals surface area (Å²) < 4.78 is 33.8. The Hall–Kier alpha value is -3.71. The first-order valence-electron chi connectivity index (χ1n) is 13.7. The van der Waals surface area contributed by atoms with Gasteiger partial charge in [0.2, 0.25) is 11.5 Å². The van der Waals surface area contributed by atoms with Gasteiger partial charge in [-0.2, -0.15) is 0 Å². The molecule has 1 heterocycles. The average molecular weight is 634 g/mol. The average Bonchev–Trinajstić information content (AvgIpc) is 3.52. The fourth-order valence-corrected chi connectivity index (χ4v) is 5.99. The van der Waals surface area contributed by atoms with Gasteiger partial charge >= 0.3 is 5.97 Å². The molecule has 0 aliphatic carbocycles.